The van der Waals surface area contributed by atoms with Gasteiger partial charge in [0.1, 0.15) is 22.8 Å². The Labute approximate surface area is 123 Å². The Morgan fingerprint density at radius 2 is 1.90 bits per heavy atom. The Hall–Kier alpha value is -1.62. The van der Waals surface area contributed by atoms with Crippen LogP contribution < -0.4 is 14.8 Å². The summed E-state index contributed by atoms with van der Waals surface area (Å²) in [5.41, 5.74) is 1.95. The number of hydrogen-bond acceptors (Lipinski definition) is 5. The maximum atomic E-state index is 5.43. The molecule has 1 N–H and O–H groups in total. The lowest BCUT2D eigenvalue weighted by molar-refractivity contribution is 0.409. The van der Waals surface area contributed by atoms with Gasteiger partial charge in [0.15, 0.2) is 0 Å². The first-order valence-corrected chi connectivity index (χ1v) is 7.85. The zero-order valence-electron chi connectivity index (χ0n) is 12.3. The van der Waals surface area contributed by atoms with E-state index in [0.29, 0.717) is 0 Å². The summed E-state index contributed by atoms with van der Waals surface area (Å²) in [6.07, 6.45) is 2.09. The summed E-state index contributed by atoms with van der Waals surface area (Å²) < 4.78 is 10.8. The highest BCUT2D eigenvalue weighted by Gasteiger charge is 2.12. The standard InChI is InChI=1S/C15H20N2O2S/c1-10-9-13(16-7-8-20-4)17-15-12(19-3)6-5-11(18-2)14(10)15/h5-6,9H,7-8H2,1-4H3,(H,16,17). The lowest BCUT2D eigenvalue weighted by Crippen LogP contribution is -2.06. The summed E-state index contributed by atoms with van der Waals surface area (Å²) in [6.45, 7) is 2.96. The van der Waals surface area contributed by atoms with Gasteiger partial charge >= 0.3 is 0 Å². The van der Waals surface area contributed by atoms with Crippen LogP contribution in [0, 0.1) is 6.92 Å². The van der Waals surface area contributed by atoms with Crippen molar-refractivity contribution in [3.05, 3.63) is 23.8 Å². The molecule has 1 heterocycles. The highest BCUT2D eigenvalue weighted by molar-refractivity contribution is 7.98. The zero-order valence-corrected chi connectivity index (χ0v) is 13.1. The van der Waals surface area contributed by atoms with E-state index >= 15 is 0 Å². The number of benzene rings is 1. The van der Waals surface area contributed by atoms with Crippen molar-refractivity contribution < 1.29 is 9.47 Å². The number of thioether (sulfide) groups is 1. The first-order valence-electron chi connectivity index (χ1n) is 6.46. The molecule has 0 atom stereocenters. The van der Waals surface area contributed by atoms with Gasteiger partial charge in [0.2, 0.25) is 0 Å². The lowest BCUT2D eigenvalue weighted by atomic mass is 10.1. The third-order valence-corrected chi connectivity index (χ3v) is 3.75. The van der Waals surface area contributed by atoms with Crippen molar-refractivity contribution in [2.75, 3.05) is 38.1 Å². The van der Waals surface area contributed by atoms with Crippen LogP contribution in [0.15, 0.2) is 18.2 Å². The first-order chi connectivity index (χ1) is 9.71. The third kappa shape index (κ3) is 2.93. The largest absolute Gasteiger partial charge is 0.496 e. The molecule has 0 saturated heterocycles. The van der Waals surface area contributed by atoms with Crippen LogP contribution >= 0.6 is 11.8 Å². The molecule has 0 bridgehead atoms. The molecule has 0 spiro atoms. The third-order valence-electron chi connectivity index (χ3n) is 3.13. The fourth-order valence-corrected chi connectivity index (χ4v) is 2.49. The Bertz CT molecular complexity index is 602. The van der Waals surface area contributed by atoms with E-state index in [-0.39, 0.29) is 0 Å². The van der Waals surface area contributed by atoms with Crippen molar-refractivity contribution >= 4 is 28.5 Å². The molecule has 0 radical (unpaired) electrons. The maximum Gasteiger partial charge on any atom is 0.145 e. The number of anilines is 1. The van der Waals surface area contributed by atoms with Crippen LogP contribution in [-0.4, -0.2) is 37.8 Å². The smallest absolute Gasteiger partial charge is 0.145 e. The maximum absolute atomic E-state index is 5.43. The molecule has 20 heavy (non-hydrogen) atoms. The Morgan fingerprint density at radius 3 is 2.55 bits per heavy atom. The van der Waals surface area contributed by atoms with Crippen LogP contribution in [0.5, 0.6) is 11.5 Å². The summed E-state index contributed by atoms with van der Waals surface area (Å²) in [6, 6.07) is 5.85. The number of hydrogen-bond donors (Lipinski definition) is 1. The SMILES string of the molecule is COc1ccc(OC)c2c(C)cc(NCCSC)nc12. The van der Waals surface area contributed by atoms with Gasteiger partial charge in [-0.2, -0.15) is 11.8 Å². The highest BCUT2D eigenvalue weighted by atomic mass is 32.2. The molecular weight excluding hydrogens is 272 g/mol. The number of fused-ring (bicyclic) bond motifs is 1. The van der Waals surface area contributed by atoms with Crippen LogP contribution in [0.2, 0.25) is 0 Å². The van der Waals surface area contributed by atoms with Crippen LogP contribution in [-0.2, 0) is 0 Å². The van der Waals surface area contributed by atoms with Crippen molar-refractivity contribution in [1.29, 1.82) is 0 Å². The molecule has 4 nitrogen and oxygen atoms in total. The predicted molar refractivity (Wildman–Crippen MR) is 86.5 cm³/mol. The molecule has 0 aliphatic carbocycles. The van der Waals surface area contributed by atoms with Gasteiger partial charge in [-0.15, -0.1) is 0 Å². The molecule has 0 fully saturated rings. The molecular formula is C15H20N2O2S. The monoisotopic (exact) mass is 292 g/mol. The number of pyridine rings is 1. The minimum atomic E-state index is 0.761. The second kappa shape index (κ2) is 6.70. The van der Waals surface area contributed by atoms with E-state index in [1.165, 1.54) is 0 Å². The quantitative estimate of drug-likeness (QED) is 0.827. The van der Waals surface area contributed by atoms with E-state index in [4.69, 9.17) is 9.47 Å². The molecule has 108 valence electrons. The number of aryl methyl sites for hydroxylation is 1. The number of aromatic nitrogens is 1. The zero-order chi connectivity index (χ0) is 14.5. The topological polar surface area (TPSA) is 43.4 Å². The number of methoxy groups -OCH3 is 2. The fourth-order valence-electron chi connectivity index (χ4n) is 2.18. The number of nitrogens with one attached hydrogen (secondary N) is 1. The second-order valence-electron chi connectivity index (χ2n) is 4.44. The van der Waals surface area contributed by atoms with Gasteiger partial charge in [0, 0.05) is 17.7 Å². The van der Waals surface area contributed by atoms with E-state index in [9.17, 15) is 0 Å². The fraction of sp³-hybridized carbons (Fsp3) is 0.400. The molecule has 2 aromatic rings. The summed E-state index contributed by atoms with van der Waals surface area (Å²) in [7, 11) is 3.33. The van der Waals surface area contributed by atoms with Crippen molar-refractivity contribution in [3.8, 4) is 11.5 Å². The van der Waals surface area contributed by atoms with Crippen molar-refractivity contribution in [1.82, 2.24) is 4.98 Å². The van der Waals surface area contributed by atoms with Crippen LogP contribution in [0.1, 0.15) is 5.56 Å². The van der Waals surface area contributed by atoms with Crippen LogP contribution in [0.3, 0.4) is 0 Å². The molecule has 1 aromatic heterocycles. The van der Waals surface area contributed by atoms with E-state index in [1.807, 2.05) is 30.0 Å². The molecule has 5 heteroatoms. The molecule has 2 rings (SSSR count). The van der Waals surface area contributed by atoms with Crippen molar-refractivity contribution in [2.45, 2.75) is 6.92 Å². The average molecular weight is 292 g/mol. The molecule has 0 amide bonds. The summed E-state index contributed by atoms with van der Waals surface area (Å²) in [5, 5.41) is 4.34. The van der Waals surface area contributed by atoms with Crippen LogP contribution in [0.25, 0.3) is 10.9 Å². The normalized spacial score (nSPS) is 10.6. The first kappa shape index (κ1) is 14.8. The van der Waals surface area contributed by atoms with Gasteiger partial charge in [0.05, 0.1) is 14.2 Å². The van der Waals surface area contributed by atoms with E-state index in [2.05, 4.69) is 23.5 Å². The Morgan fingerprint density at radius 1 is 1.20 bits per heavy atom. The Kier molecular flexibility index (Phi) is 4.95. The van der Waals surface area contributed by atoms with Crippen molar-refractivity contribution in [3.63, 3.8) is 0 Å². The minimum Gasteiger partial charge on any atom is -0.496 e. The summed E-state index contributed by atoms with van der Waals surface area (Å²) in [4.78, 5) is 4.66. The predicted octanol–water partition coefficient (Wildman–Crippen LogP) is 3.34. The molecule has 0 unspecified atom stereocenters. The summed E-state index contributed by atoms with van der Waals surface area (Å²) in [5.74, 6) is 3.50. The van der Waals surface area contributed by atoms with Crippen molar-refractivity contribution in [2.24, 2.45) is 0 Å². The van der Waals surface area contributed by atoms with Gasteiger partial charge in [-0.05, 0) is 36.9 Å². The Balaban J connectivity index is 2.51. The number of nitrogens with zero attached hydrogens (tertiary/aromatic N) is 1. The van der Waals surface area contributed by atoms with E-state index in [0.717, 1.165) is 46.1 Å². The number of rotatable bonds is 6. The van der Waals surface area contributed by atoms with Gasteiger partial charge in [-0.3, -0.25) is 0 Å². The van der Waals surface area contributed by atoms with Gasteiger partial charge in [-0.1, -0.05) is 0 Å². The second-order valence-corrected chi connectivity index (χ2v) is 5.42. The van der Waals surface area contributed by atoms with Gasteiger partial charge in [-0.25, -0.2) is 4.98 Å². The van der Waals surface area contributed by atoms with Gasteiger partial charge in [0.25, 0.3) is 0 Å². The molecule has 1 aromatic carbocycles. The van der Waals surface area contributed by atoms with Crippen LogP contribution in [0.4, 0.5) is 5.82 Å². The lowest BCUT2D eigenvalue weighted by Gasteiger charge is -2.13. The molecule has 0 aliphatic rings. The van der Waals surface area contributed by atoms with E-state index in [1.54, 1.807) is 14.2 Å². The summed E-state index contributed by atoms with van der Waals surface area (Å²) >= 11 is 1.81. The minimum absolute atomic E-state index is 0.761. The molecule has 0 saturated carbocycles. The van der Waals surface area contributed by atoms with E-state index < -0.39 is 0 Å². The average Bonchev–Trinajstić information content (AvgIpc) is 2.46. The molecule has 0 aliphatic heterocycles. The highest BCUT2D eigenvalue weighted by Crippen LogP contribution is 2.35. The van der Waals surface area contributed by atoms with Gasteiger partial charge < -0.3 is 14.8 Å². The number of ether oxygens (including phenoxy) is 2.